The van der Waals surface area contributed by atoms with Gasteiger partial charge in [0, 0.05) is 45.6 Å². The molecule has 1 fully saturated rings. The highest BCUT2D eigenvalue weighted by Crippen LogP contribution is 2.26. The second kappa shape index (κ2) is 9.74. The molecule has 1 aromatic heterocycles. The molecule has 2 heterocycles. The van der Waals surface area contributed by atoms with E-state index in [1.807, 2.05) is 7.05 Å². The Balaban J connectivity index is 0.00000225. The number of halogens is 1. The molecule has 0 spiro atoms. The summed E-state index contributed by atoms with van der Waals surface area (Å²) in [5.74, 6) is 2.60. The molecule has 2 aromatic rings. The number of rotatable bonds is 5. The van der Waals surface area contributed by atoms with Crippen LogP contribution in [0.4, 0.5) is 0 Å². The molecule has 136 valence electrons. The number of aryl methyl sites for hydroxylation is 1. The number of nitrogens with one attached hydrogen (secondary N) is 1. The molecule has 0 aliphatic carbocycles. The van der Waals surface area contributed by atoms with Crippen molar-refractivity contribution in [2.24, 2.45) is 4.99 Å². The van der Waals surface area contributed by atoms with Gasteiger partial charge in [0.05, 0.1) is 0 Å². The first-order valence-electron chi connectivity index (χ1n) is 8.69. The molecular formula is C18H27IN6. The lowest BCUT2D eigenvalue weighted by Crippen LogP contribution is -2.41. The molecular weight excluding hydrogens is 427 g/mol. The Labute approximate surface area is 166 Å². The third-order valence-electron chi connectivity index (χ3n) is 4.62. The number of aliphatic imine (C=N–C) groups is 1. The Morgan fingerprint density at radius 3 is 2.84 bits per heavy atom. The molecule has 1 saturated heterocycles. The monoisotopic (exact) mass is 454 g/mol. The minimum Gasteiger partial charge on any atom is -0.354 e. The molecule has 0 amide bonds. The van der Waals surface area contributed by atoms with Gasteiger partial charge < -0.3 is 14.8 Å². The smallest absolute Gasteiger partial charge is 0.193 e. The van der Waals surface area contributed by atoms with Gasteiger partial charge in [-0.2, -0.15) is 0 Å². The Hall–Kier alpha value is -1.64. The van der Waals surface area contributed by atoms with E-state index in [9.17, 15) is 0 Å². The number of likely N-dealkylation sites (tertiary alicyclic amines) is 1. The van der Waals surface area contributed by atoms with Crippen LogP contribution in [0.1, 0.15) is 30.7 Å². The summed E-state index contributed by atoms with van der Waals surface area (Å²) < 4.78 is 2.09. The molecule has 1 atom stereocenters. The van der Waals surface area contributed by atoms with Crippen LogP contribution in [0.15, 0.2) is 41.7 Å². The largest absolute Gasteiger partial charge is 0.354 e. The molecule has 7 heteroatoms. The van der Waals surface area contributed by atoms with Crippen LogP contribution in [0.5, 0.6) is 0 Å². The third-order valence-corrected chi connectivity index (χ3v) is 4.62. The quantitative estimate of drug-likeness (QED) is 0.429. The molecule has 1 aromatic carbocycles. The van der Waals surface area contributed by atoms with Gasteiger partial charge in [0.2, 0.25) is 0 Å². The number of hydrogen-bond acceptors (Lipinski definition) is 3. The molecule has 6 nitrogen and oxygen atoms in total. The summed E-state index contributed by atoms with van der Waals surface area (Å²) in [5.41, 5.74) is 1.42. The zero-order chi connectivity index (χ0) is 16.8. The van der Waals surface area contributed by atoms with Gasteiger partial charge in [0.1, 0.15) is 12.2 Å². The van der Waals surface area contributed by atoms with Gasteiger partial charge in [-0.25, -0.2) is 0 Å². The topological polar surface area (TPSA) is 58.3 Å². The first-order chi connectivity index (χ1) is 11.8. The second-order valence-corrected chi connectivity index (χ2v) is 6.11. The summed E-state index contributed by atoms with van der Waals surface area (Å²) >= 11 is 0. The molecule has 0 bridgehead atoms. The number of hydrogen-bond donors (Lipinski definition) is 1. The molecule has 1 aliphatic heterocycles. The fraction of sp³-hybridized carbons (Fsp3) is 0.500. The van der Waals surface area contributed by atoms with E-state index in [1.54, 1.807) is 6.33 Å². The first-order valence-corrected chi connectivity index (χ1v) is 8.69. The van der Waals surface area contributed by atoms with Crippen molar-refractivity contribution in [1.82, 2.24) is 25.0 Å². The Morgan fingerprint density at radius 1 is 1.32 bits per heavy atom. The lowest BCUT2D eigenvalue weighted by molar-refractivity contribution is 0.481. The van der Waals surface area contributed by atoms with Crippen molar-refractivity contribution in [2.45, 2.75) is 32.2 Å². The van der Waals surface area contributed by atoms with Gasteiger partial charge >= 0.3 is 0 Å². The lowest BCUT2D eigenvalue weighted by atomic mass is 9.99. The van der Waals surface area contributed by atoms with Crippen molar-refractivity contribution in [3.8, 4) is 0 Å². The predicted octanol–water partition coefficient (Wildman–Crippen LogP) is 2.52. The molecule has 1 unspecified atom stereocenters. The van der Waals surface area contributed by atoms with Crippen LogP contribution >= 0.6 is 24.0 Å². The molecule has 0 saturated carbocycles. The van der Waals surface area contributed by atoms with Crippen LogP contribution < -0.4 is 5.32 Å². The summed E-state index contributed by atoms with van der Waals surface area (Å²) in [6, 6.07) is 10.8. The van der Waals surface area contributed by atoms with Gasteiger partial charge in [0.15, 0.2) is 5.96 Å². The number of guanidine groups is 1. The van der Waals surface area contributed by atoms with Crippen molar-refractivity contribution in [2.75, 3.05) is 26.7 Å². The summed E-state index contributed by atoms with van der Waals surface area (Å²) in [7, 11) is 1.86. The zero-order valence-corrected chi connectivity index (χ0v) is 17.3. The van der Waals surface area contributed by atoms with Crippen LogP contribution in [-0.4, -0.2) is 52.3 Å². The van der Waals surface area contributed by atoms with Crippen molar-refractivity contribution in [3.05, 3.63) is 48.0 Å². The van der Waals surface area contributed by atoms with E-state index in [0.29, 0.717) is 5.92 Å². The van der Waals surface area contributed by atoms with E-state index >= 15 is 0 Å². The molecule has 0 radical (unpaired) electrons. The normalized spacial score (nSPS) is 17.4. The van der Waals surface area contributed by atoms with Crippen LogP contribution in [0.2, 0.25) is 0 Å². The van der Waals surface area contributed by atoms with E-state index in [2.05, 4.69) is 67.2 Å². The van der Waals surface area contributed by atoms with E-state index in [-0.39, 0.29) is 24.0 Å². The minimum absolute atomic E-state index is 0. The second-order valence-electron chi connectivity index (χ2n) is 6.11. The lowest BCUT2D eigenvalue weighted by Gasteiger charge is -2.22. The van der Waals surface area contributed by atoms with Gasteiger partial charge in [-0.3, -0.25) is 4.99 Å². The van der Waals surface area contributed by atoms with Crippen LogP contribution in [0, 0.1) is 0 Å². The van der Waals surface area contributed by atoms with Gasteiger partial charge in [0.25, 0.3) is 0 Å². The zero-order valence-electron chi connectivity index (χ0n) is 14.9. The van der Waals surface area contributed by atoms with Crippen LogP contribution in [0.3, 0.4) is 0 Å². The Kier molecular flexibility index (Phi) is 7.67. The number of nitrogens with zero attached hydrogens (tertiary/aromatic N) is 5. The van der Waals surface area contributed by atoms with E-state index in [4.69, 9.17) is 0 Å². The SMILES string of the molecule is CCc1nncn1CCNC(=NC)N1CCC(c2ccccc2)C1.I. The standard InChI is InChI=1S/C18H26N6.HI/c1-3-17-22-21-14-24(17)12-10-20-18(19-2)23-11-9-16(13-23)15-7-5-4-6-8-15;/h4-8,14,16H,3,9-13H2,1-2H3,(H,19,20);1H. The summed E-state index contributed by atoms with van der Waals surface area (Å²) in [4.78, 5) is 6.80. The van der Waals surface area contributed by atoms with E-state index < -0.39 is 0 Å². The van der Waals surface area contributed by atoms with Crippen molar-refractivity contribution in [3.63, 3.8) is 0 Å². The summed E-state index contributed by atoms with van der Waals surface area (Å²) in [6.45, 7) is 5.85. The highest BCUT2D eigenvalue weighted by Gasteiger charge is 2.25. The Bertz CT molecular complexity index is 669. The maximum Gasteiger partial charge on any atom is 0.193 e. The maximum atomic E-state index is 4.45. The fourth-order valence-corrected chi connectivity index (χ4v) is 3.31. The van der Waals surface area contributed by atoms with Crippen molar-refractivity contribution < 1.29 is 0 Å². The molecule has 1 N–H and O–H groups in total. The van der Waals surface area contributed by atoms with E-state index in [1.165, 1.54) is 12.0 Å². The fourth-order valence-electron chi connectivity index (χ4n) is 3.31. The van der Waals surface area contributed by atoms with Gasteiger partial charge in [-0.1, -0.05) is 37.3 Å². The average Bonchev–Trinajstić information content (AvgIpc) is 3.29. The number of benzene rings is 1. The first kappa shape index (κ1) is 19.7. The maximum absolute atomic E-state index is 4.45. The number of aromatic nitrogens is 3. The minimum atomic E-state index is 0. The predicted molar refractivity (Wildman–Crippen MR) is 112 cm³/mol. The third kappa shape index (κ3) is 4.93. The molecule has 25 heavy (non-hydrogen) atoms. The van der Waals surface area contributed by atoms with Gasteiger partial charge in [-0.05, 0) is 12.0 Å². The van der Waals surface area contributed by atoms with Crippen molar-refractivity contribution in [1.29, 1.82) is 0 Å². The average molecular weight is 454 g/mol. The molecule has 1 aliphatic rings. The van der Waals surface area contributed by atoms with Crippen molar-refractivity contribution >= 4 is 29.9 Å². The van der Waals surface area contributed by atoms with Crippen LogP contribution in [-0.2, 0) is 13.0 Å². The van der Waals surface area contributed by atoms with Gasteiger partial charge in [-0.15, -0.1) is 34.2 Å². The van der Waals surface area contributed by atoms with E-state index in [0.717, 1.165) is 44.4 Å². The summed E-state index contributed by atoms with van der Waals surface area (Å²) in [6.07, 6.45) is 3.88. The highest BCUT2D eigenvalue weighted by molar-refractivity contribution is 14.0. The Morgan fingerprint density at radius 2 is 2.12 bits per heavy atom. The highest BCUT2D eigenvalue weighted by atomic mass is 127. The molecule has 3 rings (SSSR count). The summed E-state index contributed by atoms with van der Waals surface area (Å²) in [5, 5.41) is 11.6. The van der Waals surface area contributed by atoms with Crippen LogP contribution in [0.25, 0.3) is 0 Å².